The summed E-state index contributed by atoms with van der Waals surface area (Å²) in [6, 6.07) is 11.0. The van der Waals surface area contributed by atoms with Crippen molar-refractivity contribution in [2.45, 2.75) is 33.2 Å². The van der Waals surface area contributed by atoms with Crippen LogP contribution in [0.5, 0.6) is 5.75 Å². The van der Waals surface area contributed by atoms with Crippen LogP contribution in [-0.2, 0) is 0 Å². The number of ether oxygens (including phenoxy) is 1. The van der Waals surface area contributed by atoms with Crippen molar-refractivity contribution in [1.82, 2.24) is 0 Å². The molecule has 0 aromatic heterocycles. The normalized spacial score (nSPS) is 12.2. The van der Waals surface area contributed by atoms with Gasteiger partial charge in [0.15, 0.2) is 0 Å². The van der Waals surface area contributed by atoms with Crippen molar-refractivity contribution < 1.29 is 9.13 Å². The van der Waals surface area contributed by atoms with Crippen LogP contribution in [0.25, 0.3) is 0 Å². The lowest BCUT2D eigenvalue weighted by atomic mass is 9.97. The zero-order valence-electron chi connectivity index (χ0n) is 12.8. The Morgan fingerprint density at radius 3 is 2.52 bits per heavy atom. The second-order valence-corrected chi connectivity index (χ2v) is 5.54. The summed E-state index contributed by atoms with van der Waals surface area (Å²) in [5.74, 6) is 0.596. The molecule has 2 N–H and O–H groups in total. The van der Waals surface area contributed by atoms with Crippen LogP contribution in [0, 0.1) is 26.6 Å². The maximum Gasteiger partial charge on any atom is 0.128 e. The minimum absolute atomic E-state index is 0.226. The van der Waals surface area contributed by atoms with Gasteiger partial charge in [0.05, 0.1) is 6.61 Å². The van der Waals surface area contributed by atoms with E-state index in [1.807, 2.05) is 51.1 Å². The molecule has 21 heavy (non-hydrogen) atoms. The molecule has 0 aliphatic carbocycles. The van der Waals surface area contributed by atoms with E-state index in [0.29, 0.717) is 18.6 Å². The van der Waals surface area contributed by atoms with Crippen LogP contribution in [0.1, 0.15) is 34.7 Å². The highest BCUT2D eigenvalue weighted by Gasteiger charge is 2.15. The van der Waals surface area contributed by atoms with Gasteiger partial charge in [0, 0.05) is 18.0 Å². The average molecular weight is 287 g/mol. The van der Waals surface area contributed by atoms with E-state index < -0.39 is 0 Å². The van der Waals surface area contributed by atoms with E-state index in [1.165, 1.54) is 6.07 Å². The fraction of sp³-hybridized carbons (Fsp3) is 0.333. The largest absolute Gasteiger partial charge is 0.494 e. The third kappa shape index (κ3) is 4.05. The predicted molar refractivity (Wildman–Crippen MR) is 84.1 cm³/mol. The summed E-state index contributed by atoms with van der Waals surface area (Å²) in [4.78, 5) is 0. The fourth-order valence-corrected chi connectivity index (χ4v) is 2.55. The minimum Gasteiger partial charge on any atom is -0.494 e. The molecule has 0 radical (unpaired) electrons. The number of halogens is 1. The van der Waals surface area contributed by atoms with E-state index in [1.54, 1.807) is 0 Å². The summed E-state index contributed by atoms with van der Waals surface area (Å²) >= 11 is 0. The molecule has 2 aromatic rings. The van der Waals surface area contributed by atoms with Gasteiger partial charge < -0.3 is 10.5 Å². The second-order valence-electron chi connectivity index (χ2n) is 5.54. The molecule has 0 aliphatic rings. The van der Waals surface area contributed by atoms with Gasteiger partial charge in [0.25, 0.3) is 0 Å². The first kappa shape index (κ1) is 15.5. The highest BCUT2D eigenvalue weighted by atomic mass is 19.1. The van der Waals surface area contributed by atoms with Gasteiger partial charge in [-0.15, -0.1) is 0 Å². The first-order valence-electron chi connectivity index (χ1n) is 7.19. The highest BCUT2D eigenvalue weighted by Crippen LogP contribution is 2.24. The number of rotatable bonds is 5. The van der Waals surface area contributed by atoms with E-state index >= 15 is 0 Å². The van der Waals surface area contributed by atoms with Gasteiger partial charge in [-0.05, 0) is 55.7 Å². The van der Waals surface area contributed by atoms with Crippen LogP contribution in [-0.4, -0.2) is 6.61 Å². The van der Waals surface area contributed by atoms with Gasteiger partial charge in [-0.3, -0.25) is 0 Å². The van der Waals surface area contributed by atoms with Crippen LogP contribution >= 0.6 is 0 Å². The maximum atomic E-state index is 14.0. The summed E-state index contributed by atoms with van der Waals surface area (Å²) in [5, 5.41) is 0. The molecule has 2 aromatic carbocycles. The Kier molecular flexibility index (Phi) is 4.97. The van der Waals surface area contributed by atoms with Gasteiger partial charge >= 0.3 is 0 Å². The number of hydrogen-bond acceptors (Lipinski definition) is 2. The van der Waals surface area contributed by atoms with E-state index in [2.05, 4.69) is 0 Å². The van der Waals surface area contributed by atoms with Crippen LogP contribution in [0.15, 0.2) is 36.4 Å². The molecule has 2 nitrogen and oxygen atoms in total. The molecule has 0 aliphatic heterocycles. The molecule has 1 atom stereocenters. The molecule has 2 rings (SSSR count). The number of aryl methyl sites for hydroxylation is 3. The zero-order valence-corrected chi connectivity index (χ0v) is 12.8. The second kappa shape index (κ2) is 6.72. The summed E-state index contributed by atoms with van der Waals surface area (Å²) in [7, 11) is 0. The van der Waals surface area contributed by atoms with Crippen molar-refractivity contribution in [3.63, 3.8) is 0 Å². The summed E-state index contributed by atoms with van der Waals surface area (Å²) in [5.41, 5.74) is 9.67. The average Bonchev–Trinajstić information content (AvgIpc) is 2.37. The van der Waals surface area contributed by atoms with Crippen molar-refractivity contribution >= 4 is 0 Å². The van der Waals surface area contributed by atoms with Gasteiger partial charge in [0.2, 0.25) is 0 Å². The lowest BCUT2D eigenvalue weighted by Crippen LogP contribution is -2.17. The molecular formula is C18H22FNO. The molecule has 0 saturated carbocycles. The predicted octanol–water partition coefficient (Wildman–Crippen LogP) is 4.22. The van der Waals surface area contributed by atoms with Crippen molar-refractivity contribution in [3.8, 4) is 5.75 Å². The van der Waals surface area contributed by atoms with Crippen molar-refractivity contribution in [1.29, 1.82) is 0 Å². The first-order valence-corrected chi connectivity index (χ1v) is 7.19. The van der Waals surface area contributed by atoms with E-state index in [0.717, 1.165) is 22.4 Å². The first-order chi connectivity index (χ1) is 9.97. The lowest BCUT2D eigenvalue weighted by Gasteiger charge is -2.17. The Hall–Kier alpha value is -1.87. The smallest absolute Gasteiger partial charge is 0.128 e. The summed E-state index contributed by atoms with van der Waals surface area (Å²) in [6.45, 7) is 6.26. The minimum atomic E-state index is -0.351. The topological polar surface area (TPSA) is 35.2 Å². The standard InChI is InChI=1S/C18H22FNO/c1-12-5-4-6-15(10-12)21-8-7-17(20)18-14(3)9-13(2)11-16(18)19/h4-6,9-11,17H,7-8,20H2,1-3H3. The lowest BCUT2D eigenvalue weighted by molar-refractivity contribution is 0.297. The van der Waals surface area contributed by atoms with Crippen LogP contribution in [0.2, 0.25) is 0 Å². The molecule has 0 spiro atoms. The Morgan fingerprint density at radius 1 is 1.10 bits per heavy atom. The van der Waals surface area contributed by atoms with E-state index in [-0.39, 0.29) is 11.9 Å². The number of nitrogens with two attached hydrogens (primary N) is 1. The Balaban J connectivity index is 1.98. The summed E-state index contributed by atoms with van der Waals surface area (Å²) < 4.78 is 19.7. The van der Waals surface area contributed by atoms with Crippen LogP contribution < -0.4 is 10.5 Å². The van der Waals surface area contributed by atoms with Gasteiger partial charge in [-0.25, -0.2) is 4.39 Å². The molecule has 0 saturated heterocycles. The third-order valence-electron chi connectivity index (χ3n) is 3.54. The number of hydrogen-bond donors (Lipinski definition) is 1. The SMILES string of the molecule is Cc1cccc(OCCC(N)c2c(C)cc(C)cc2F)c1. The van der Waals surface area contributed by atoms with Gasteiger partial charge in [-0.2, -0.15) is 0 Å². The van der Waals surface area contributed by atoms with Crippen LogP contribution in [0.4, 0.5) is 4.39 Å². The van der Waals surface area contributed by atoms with Gasteiger partial charge in [0.1, 0.15) is 11.6 Å². The third-order valence-corrected chi connectivity index (χ3v) is 3.54. The van der Waals surface area contributed by atoms with Crippen molar-refractivity contribution in [2.24, 2.45) is 5.73 Å². The van der Waals surface area contributed by atoms with Crippen molar-refractivity contribution in [2.75, 3.05) is 6.61 Å². The highest BCUT2D eigenvalue weighted by molar-refractivity contribution is 5.34. The fourth-order valence-electron chi connectivity index (χ4n) is 2.55. The molecule has 0 heterocycles. The monoisotopic (exact) mass is 287 g/mol. The van der Waals surface area contributed by atoms with E-state index in [9.17, 15) is 4.39 Å². The molecule has 112 valence electrons. The zero-order chi connectivity index (χ0) is 15.4. The van der Waals surface area contributed by atoms with Crippen molar-refractivity contribution in [3.05, 3.63) is 64.5 Å². The molecule has 1 unspecified atom stereocenters. The Morgan fingerprint density at radius 2 is 1.86 bits per heavy atom. The number of benzene rings is 2. The van der Waals surface area contributed by atoms with Gasteiger partial charge in [-0.1, -0.05) is 18.2 Å². The quantitative estimate of drug-likeness (QED) is 0.893. The molecular weight excluding hydrogens is 265 g/mol. The Bertz CT molecular complexity index is 601. The molecule has 0 fully saturated rings. The molecule has 0 amide bonds. The molecule has 0 bridgehead atoms. The molecule has 3 heteroatoms. The maximum absolute atomic E-state index is 14.0. The Labute approximate surface area is 125 Å². The van der Waals surface area contributed by atoms with E-state index in [4.69, 9.17) is 10.5 Å². The van der Waals surface area contributed by atoms with Crippen LogP contribution in [0.3, 0.4) is 0 Å². The summed E-state index contributed by atoms with van der Waals surface area (Å²) in [6.07, 6.45) is 0.578.